The Labute approximate surface area is 252 Å². The van der Waals surface area contributed by atoms with Crippen molar-refractivity contribution < 1.29 is 31.2 Å². The number of hydrogen-bond donors (Lipinski definition) is 1. The second-order valence-corrected chi connectivity index (χ2v) is 11.6. The van der Waals surface area contributed by atoms with Gasteiger partial charge in [0, 0.05) is 57.2 Å². The Balaban J connectivity index is 1.20. The van der Waals surface area contributed by atoms with Crippen molar-refractivity contribution in [1.29, 1.82) is 0 Å². The van der Waals surface area contributed by atoms with E-state index >= 15 is 0 Å². The molecule has 44 heavy (non-hydrogen) atoms. The Kier molecular flexibility index (Phi) is 9.30. The van der Waals surface area contributed by atoms with Gasteiger partial charge in [0.2, 0.25) is 5.95 Å². The summed E-state index contributed by atoms with van der Waals surface area (Å²) in [5, 5.41) is 2.86. The molecule has 2 heterocycles. The minimum absolute atomic E-state index is 0.115. The molecular weight excluding hydrogens is 597 g/mol. The van der Waals surface area contributed by atoms with Crippen LogP contribution in [0.1, 0.15) is 15.9 Å². The summed E-state index contributed by atoms with van der Waals surface area (Å²) < 4.78 is 66.8. The Bertz CT molecular complexity index is 1630. The lowest BCUT2D eigenvalue weighted by Gasteiger charge is -2.34. The standard InChI is InChI=1S/C30H29F3N6O4S/c31-30(32,33)24-9-11-26(12-10-24)43-39(25-5-2-1-3-6-25)44(41,42)27-13-7-23(8-14-27)28(40)34-17-18-37-19-21-38(22-20-37)29-35-15-4-16-36-29/h1-16H,17-22H2,(H,34,40). The van der Waals surface area contributed by atoms with E-state index in [0.29, 0.717) is 23.5 Å². The van der Waals surface area contributed by atoms with Crippen molar-refractivity contribution in [3.05, 3.63) is 108 Å². The number of carbonyl (C=O) groups is 1. The Morgan fingerprint density at radius 2 is 1.50 bits per heavy atom. The average Bonchev–Trinajstić information content (AvgIpc) is 3.04. The molecule has 3 aromatic carbocycles. The number of nitrogens with zero attached hydrogens (tertiary/aromatic N) is 5. The fraction of sp³-hybridized carbons (Fsp3) is 0.233. The lowest BCUT2D eigenvalue weighted by atomic mass is 10.2. The van der Waals surface area contributed by atoms with Crippen LogP contribution in [-0.4, -0.2) is 68.5 Å². The molecule has 1 aliphatic heterocycles. The maximum atomic E-state index is 13.6. The van der Waals surface area contributed by atoms with Gasteiger partial charge in [0.15, 0.2) is 5.75 Å². The van der Waals surface area contributed by atoms with Crippen LogP contribution in [-0.2, 0) is 16.2 Å². The molecule has 0 atom stereocenters. The number of piperazine rings is 1. The number of amides is 1. The number of carbonyl (C=O) groups excluding carboxylic acids is 1. The average molecular weight is 627 g/mol. The molecule has 5 rings (SSSR count). The molecule has 10 nitrogen and oxygen atoms in total. The number of para-hydroxylation sites is 1. The van der Waals surface area contributed by atoms with E-state index in [-0.39, 0.29) is 27.8 Å². The van der Waals surface area contributed by atoms with E-state index in [4.69, 9.17) is 4.84 Å². The molecule has 230 valence electrons. The van der Waals surface area contributed by atoms with Gasteiger partial charge in [-0.05, 0) is 66.7 Å². The molecule has 14 heteroatoms. The predicted octanol–water partition coefficient (Wildman–Crippen LogP) is 4.24. The summed E-state index contributed by atoms with van der Waals surface area (Å²) >= 11 is 0. The monoisotopic (exact) mass is 626 g/mol. The minimum atomic E-state index is -4.55. The van der Waals surface area contributed by atoms with Crippen LogP contribution in [0.3, 0.4) is 0 Å². The zero-order valence-corrected chi connectivity index (χ0v) is 24.2. The van der Waals surface area contributed by atoms with Crippen molar-refractivity contribution in [3.8, 4) is 5.75 Å². The number of alkyl halides is 3. The first-order valence-corrected chi connectivity index (χ1v) is 15.1. The smallest absolute Gasteiger partial charge is 0.364 e. The molecule has 0 unspecified atom stereocenters. The van der Waals surface area contributed by atoms with Crippen LogP contribution in [0.4, 0.5) is 24.8 Å². The molecule has 0 spiro atoms. The summed E-state index contributed by atoms with van der Waals surface area (Å²) in [5.41, 5.74) is -0.496. The van der Waals surface area contributed by atoms with E-state index in [9.17, 15) is 26.4 Å². The van der Waals surface area contributed by atoms with Crippen molar-refractivity contribution in [3.63, 3.8) is 0 Å². The van der Waals surface area contributed by atoms with E-state index in [1.54, 1.807) is 36.7 Å². The van der Waals surface area contributed by atoms with Crippen LogP contribution in [0, 0.1) is 0 Å². The highest BCUT2D eigenvalue weighted by molar-refractivity contribution is 7.92. The van der Waals surface area contributed by atoms with Gasteiger partial charge in [-0.15, -0.1) is 0 Å². The molecule has 0 radical (unpaired) electrons. The SMILES string of the molecule is O=C(NCCN1CCN(c2ncccn2)CC1)c1ccc(S(=O)(=O)N(Oc2ccc(C(F)(F)F)cc2)c2ccccc2)cc1. The van der Waals surface area contributed by atoms with Gasteiger partial charge in [-0.2, -0.15) is 21.6 Å². The first kappa shape index (κ1) is 30.8. The molecule has 1 aliphatic rings. The summed E-state index contributed by atoms with van der Waals surface area (Å²) in [6.45, 7) is 4.20. The third-order valence-corrected chi connectivity index (χ3v) is 8.48. The number of nitrogens with one attached hydrogen (secondary N) is 1. The lowest BCUT2D eigenvalue weighted by Crippen LogP contribution is -2.49. The van der Waals surface area contributed by atoms with Crippen molar-refractivity contribution in [2.75, 3.05) is 48.6 Å². The van der Waals surface area contributed by atoms with E-state index in [1.165, 1.54) is 36.4 Å². The summed E-state index contributed by atoms with van der Waals surface area (Å²) in [6, 6.07) is 18.6. The first-order valence-electron chi connectivity index (χ1n) is 13.7. The second kappa shape index (κ2) is 13.3. The van der Waals surface area contributed by atoms with Crippen LogP contribution < -0.4 is 19.5 Å². The Hall–Kier alpha value is -4.69. The van der Waals surface area contributed by atoms with Gasteiger partial charge in [0.05, 0.1) is 16.1 Å². The third kappa shape index (κ3) is 7.44. The number of sulfonamides is 1. The number of aromatic nitrogens is 2. The molecule has 1 N–H and O–H groups in total. The molecule has 1 saturated heterocycles. The number of halogens is 3. The summed E-state index contributed by atoms with van der Waals surface area (Å²) in [4.78, 5) is 31.1. The molecule has 0 saturated carbocycles. The minimum Gasteiger partial charge on any atom is -0.364 e. The lowest BCUT2D eigenvalue weighted by molar-refractivity contribution is -0.137. The highest BCUT2D eigenvalue weighted by Gasteiger charge is 2.31. The Morgan fingerprint density at radius 3 is 2.11 bits per heavy atom. The molecule has 1 fully saturated rings. The van der Waals surface area contributed by atoms with Crippen molar-refractivity contribution >= 4 is 27.6 Å². The molecule has 1 amide bonds. The summed E-state index contributed by atoms with van der Waals surface area (Å²) in [6.07, 6.45) is -1.13. The Morgan fingerprint density at radius 1 is 0.864 bits per heavy atom. The molecule has 1 aromatic heterocycles. The van der Waals surface area contributed by atoms with Gasteiger partial charge in [-0.3, -0.25) is 9.69 Å². The van der Waals surface area contributed by atoms with Crippen LogP contribution in [0.15, 0.2) is 102 Å². The number of rotatable bonds is 10. The van der Waals surface area contributed by atoms with Crippen molar-refractivity contribution in [2.45, 2.75) is 11.1 Å². The van der Waals surface area contributed by atoms with Crippen molar-refractivity contribution in [1.82, 2.24) is 20.2 Å². The van der Waals surface area contributed by atoms with Crippen LogP contribution in [0.25, 0.3) is 0 Å². The quantitative estimate of drug-likeness (QED) is 0.261. The number of anilines is 2. The largest absolute Gasteiger partial charge is 0.416 e. The topological polar surface area (TPSA) is 108 Å². The molecule has 0 aliphatic carbocycles. The van der Waals surface area contributed by atoms with Gasteiger partial charge < -0.3 is 15.1 Å². The van der Waals surface area contributed by atoms with E-state index in [1.807, 2.05) is 0 Å². The fourth-order valence-electron chi connectivity index (χ4n) is 4.52. The maximum Gasteiger partial charge on any atom is 0.416 e. The molecular formula is C30H29F3N6O4S. The van der Waals surface area contributed by atoms with Gasteiger partial charge in [0.25, 0.3) is 15.9 Å². The molecule has 4 aromatic rings. The summed E-state index contributed by atoms with van der Waals surface area (Å²) in [7, 11) is -4.35. The van der Waals surface area contributed by atoms with E-state index < -0.39 is 21.8 Å². The molecule has 0 bridgehead atoms. The van der Waals surface area contributed by atoms with Gasteiger partial charge in [0.1, 0.15) is 0 Å². The number of benzene rings is 3. The maximum absolute atomic E-state index is 13.6. The fourth-order valence-corrected chi connectivity index (χ4v) is 5.78. The van der Waals surface area contributed by atoms with Crippen LogP contribution >= 0.6 is 0 Å². The zero-order valence-electron chi connectivity index (χ0n) is 23.4. The van der Waals surface area contributed by atoms with Crippen LogP contribution in [0.5, 0.6) is 5.75 Å². The first-order chi connectivity index (χ1) is 21.1. The predicted molar refractivity (Wildman–Crippen MR) is 158 cm³/mol. The number of hydrogen-bond acceptors (Lipinski definition) is 8. The highest BCUT2D eigenvalue weighted by atomic mass is 32.2. The van der Waals surface area contributed by atoms with Gasteiger partial charge in [-0.1, -0.05) is 22.7 Å². The summed E-state index contributed by atoms with van der Waals surface area (Å²) in [5.74, 6) is 0.228. The van der Waals surface area contributed by atoms with Gasteiger partial charge in [-0.25, -0.2) is 9.97 Å². The highest BCUT2D eigenvalue weighted by Crippen LogP contribution is 2.32. The van der Waals surface area contributed by atoms with Gasteiger partial charge >= 0.3 is 6.18 Å². The van der Waals surface area contributed by atoms with E-state index in [2.05, 4.69) is 25.1 Å². The second-order valence-electron chi connectivity index (χ2n) is 9.84. The van der Waals surface area contributed by atoms with E-state index in [0.717, 1.165) is 50.4 Å². The van der Waals surface area contributed by atoms with Crippen molar-refractivity contribution in [2.24, 2.45) is 0 Å². The third-order valence-electron chi connectivity index (χ3n) is 6.89. The zero-order chi connectivity index (χ0) is 31.2. The van der Waals surface area contributed by atoms with Crippen LogP contribution in [0.2, 0.25) is 0 Å². The normalized spacial score (nSPS) is 14.2.